The number of thiol groups is 1. The van der Waals surface area contributed by atoms with Gasteiger partial charge in [0.1, 0.15) is 0 Å². The van der Waals surface area contributed by atoms with Crippen LogP contribution in [0.25, 0.3) is 0 Å². The lowest BCUT2D eigenvalue weighted by Gasteiger charge is -2.25. The van der Waals surface area contributed by atoms with E-state index in [1.807, 2.05) is 0 Å². The molecule has 0 unspecified atom stereocenters. The second kappa shape index (κ2) is 9.77. The molecule has 0 aromatic rings. The Kier molecular flexibility index (Phi) is 9.93. The van der Waals surface area contributed by atoms with Crippen LogP contribution in [0.5, 0.6) is 0 Å². The second-order valence-electron chi connectivity index (χ2n) is 3.54. The Labute approximate surface area is 92.8 Å². The molecule has 0 fully saturated rings. The van der Waals surface area contributed by atoms with Crippen molar-refractivity contribution >= 4 is 12.6 Å². The van der Waals surface area contributed by atoms with Crippen molar-refractivity contribution in [3.05, 3.63) is 0 Å². The maximum atomic E-state index is 8.74. The van der Waals surface area contributed by atoms with Crippen LogP contribution in [0.15, 0.2) is 0 Å². The lowest BCUT2D eigenvalue weighted by molar-refractivity contribution is 0.0983. The number of aliphatic hydroxyl groups excluding tert-OH is 1. The van der Waals surface area contributed by atoms with E-state index in [1.165, 1.54) is 0 Å². The second-order valence-corrected chi connectivity index (χ2v) is 3.99. The number of aliphatic hydroxyl groups is 1. The Morgan fingerprint density at radius 1 is 1.29 bits per heavy atom. The van der Waals surface area contributed by atoms with E-state index in [-0.39, 0.29) is 6.61 Å². The Balaban J connectivity index is 3.52. The summed E-state index contributed by atoms with van der Waals surface area (Å²) in [6, 6.07) is 0.515. The van der Waals surface area contributed by atoms with Gasteiger partial charge in [-0.1, -0.05) is 0 Å². The molecule has 0 saturated heterocycles. The summed E-state index contributed by atoms with van der Waals surface area (Å²) < 4.78 is 5.36. The molecule has 0 saturated carbocycles. The van der Waals surface area contributed by atoms with Gasteiger partial charge in [0.2, 0.25) is 0 Å². The zero-order valence-electron chi connectivity index (χ0n) is 9.28. The summed E-state index contributed by atoms with van der Waals surface area (Å²) in [4.78, 5) is 2.31. The zero-order chi connectivity index (χ0) is 10.8. The van der Waals surface area contributed by atoms with Crippen LogP contribution in [0.1, 0.15) is 20.3 Å². The first-order valence-corrected chi connectivity index (χ1v) is 5.89. The number of ether oxygens (including phenoxy) is 1. The molecule has 0 radical (unpaired) electrons. The molecule has 3 nitrogen and oxygen atoms in total. The fourth-order valence-electron chi connectivity index (χ4n) is 1.25. The molecule has 0 aromatic carbocycles. The van der Waals surface area contributed by atoms with Gasteiger partial charge < -0.3 is 9.84 Å². The molecule has 0 aliphatic rings. The van der Waals surface area contributed by atoms with Crippen molar-refractivity contribution in [2.75, 3.05) is 38.7 Å². The van der Waals surface area contributed by atoms with Crippen LogP contribution in [0.2, 0.25) is 0 Å². The summed E-state index contributed by atoms with van der Waals surface area (Å²) in [6.07, 6.45) is 0.838. The fourth-order valence-corrected chi connectivity index (χ4v) is 1.38. The Morgan fingerprint density at radius 3 is 2.50 bits per heavy atom. The molecule has 86 valence electrons. The molecule has 0 aliphatic heterocycles. The molecule has 0 rings (SSSR count). The van der Waals surface area contributed by atoms with E-state index in [1.54, 1.807) is 0 Å². The fraction of sp³-hybridized carbons (Fsp3) is 1.00. The van der Waals surface area contributed by atoms with Crippen LogP contribution in [0.3, 0.4) is 0 Å². The van der Waals surface area contributed by atoms with E-state index in [0.717, 1.165) is 38.5 Å². The van der Waals surface area contributed by atoms with Gasteiger partial charge in [0.15, 0.2) is 0 Å². The zero-order valence-corrected chi connectivity index (χ0v) is 10.2. The molecule has 14 heavy (non-hydrogen) atoms. The van der Waals surface area contributed by atoms with Gasteiger partial charge in [0, 0.05) is 31.5 Å². The largest absolute Gasteiger partial charge is 0.396 e. The molecule has 0 amide bonds. The van der Waals surface area contributed by atoms with Crippen molar-refractivity contribution in [1.82, 2.24) is 4.90 Å². The van der Waals surface area contributed by atoms with Crippen LogP contribution in [0, 0.1) is 0 Å². The van der Waals surface area contributed by atoms with E-state index in [0.29, 0.717) is 6.04 Å². The highest BCUT2D eigenvalue weighted by molar-refractivity contribution is 7.80. The Hall–Kier alpha value is 0.230. The van der Waals surface area contributed by atoms with Gasteiger partial charge >= 0.3 is 0 Å². The standard InChI is InChI=1S/C10H23NO2S/c1-10(2)11(4-3-6-12)5-7-13-8-9-14/h10,12,14H,3-9H2,1-2H3. The highest BCUT2D eigenvalue weighted by Crippen LogP contribution is 1.99. The first-order chi connectivity index (χ1) is 6.72. The minimum absolute atomic E-state index is 0.265. The molecular formula is C10H23NO2S. The first-order valence-electron chi connectivity index (χ1n) is 5.26. The average molecular weight is 221 g/mol. The number of nitrogens with zero attached hydrogens (tertiary/aromatic N) is 1. The summed E-state index contributed by atoms with van der Waals surface area (Å²) in [6.45, 7) is 7.94. The lowest BCUT2D eigenvalue weighted by atomic mass is 10.3. The van der Waals surface area contributed by atoms with Crippen LogP contribution in [-0.4, -0.2) is 54.7 Å². The van der Waals surface area contributed by atoms with Gasteiger partial charge in [-0.25, -0.2) is 0 Å². The molecule has 0 aromatic heterocycles. The quantitative estimate of drug-likeness (QED) is 0.450. The van der Waals surface area contributed by atoms with Gasteiger partial charge in [0.25, 0.3) is 0 Å². The van der Waals surface area contributed by atoms with Crippen LogP contribution in [-0.2, 0) is 4.74 Å². The number of hydrogen-bond acceptors (Lipinski definition) is 4. The summed E-state index contributed by atoms with van der Waals surface area (Å²) >= 11 is 4.07. The van der Waals surface area contributed by atoms with Crippen LogP contribution in [0.4, 0.5) is 0 Å². The maximum absolute atomic E-state index is 8.74. The highest BCUT2D eigenvalue weighted by atomic mass is 32.1. The lowest BCUT2D eigenvalue weighted by Crippen LogP contribution is -2.35. The van der Waals surface area contributed by atoms with E-state index in [9.17, 15) is 0 Å². The van der Waals surface area contributed by atoms with Gasteiger partial charge in [-0.15, -0.1) is 0 Å². The Bertz CT molecular complexity index is 123. The number of rotatable bonds is 9. The molecule has 1 N–H and O–H groups in total. The molecule has 0 bridgehead atoms. The van der Waals surface area contributed by atoms with Crippen LogP contribution >= 0.6 is 12.6 Å². The minimum atomic E-state index is 0.265. The third-order valence-electron chi connectivity index (χ3n) is 2.09. The minimum Gasteiger partial charge on any atom is -0.396 e. The van der Waals surface area contributed by atoms with E-state index in [4.69, 9.17) is 9.84 Å². The third kappa shape index (κ3) is 7.62. The topological polar surface area (TPSA) is 32.7 Å². The van der Waals surface area contributed by atoms with Gasteiger partial charge in [0.05, 0.1) is 13.2 Å². The molecule has 0 spiro atoms. The summed E-state index contributed by atoms with van der Waals surface area (Å²) in [7, 11) is 0. The van der Waals surface area contributed by atoms with Crippen molar-refractivity contribution < 1.29 is 9.84 Å². The highest BCUT2D eigenvalue weighted by Gasteiger charge is 2.07. The summed E-state index contributed by atoms with van der Waals surface area (Å²) in [5.41, 5.74) is 0. The van der Waals surface area contributed by atoms with Gasteiger partial charge in [-0.3, -0.25) is 4.90 Å². The number of hydrogen-bond donors (Lipinski definition) is 2. The van der Waals surface area contributed by atoms with Crippen LogP contribution < -0.4 is 0 Å². The molecular weight excluding hydrogens is 198 g/mol. The van der Waals surface area contributed by atoms with Gasteiger partial charge in [-0.05, 0) is 20.3 Å². The molecule has 0 aliphatic carbocycles. The molecule has 0 heterocycles. The van der Waals surface area contributed by atoms with Crippen molar-refractivity contribution in [3.8, 4) is 0 Å². The SMILES string of the molecule is CC(C)N(CCCO)CCOCCS. The first kappa shape index (κ1) is 14.2. The third-order valence-corrected chi connectivity index (χ3v) is 2.27. The summed E-state index contributed by atoms with van der Waals surface area (Å²) in [5.74, 6) is 0.776. The van der Waals surface area contributed by atoms with E-state index in [2.05, 4.69) is 31.4 Å². The van der Waals surface area contributed by atoms with Gasteiger partial charge in [-0.2, -0.15) is 12.6 Å². The smallest absolute Gasteiger partial charge is 0.0593 e. The summed E-state index contributed by atoms with van der Waals surface area (Å²) in [5, 5.41) is 8.74. The van der Waals surface area contributed by atoms with Crippen molar-refractivity contribution in [2.24, 2.45) is 0 Å². The molecule has 0 atom stereocenters. The normalized spacial score (nSPS) is 11.6. The Morgan fingerprint density at radius 2 is 2.00 bits per heavy atom. The predicted octanol–water partition coefficient (Wildman–Crippen LogP) is 1.03. The van der Waals surface area contributed by atoms with Crippen molar-refractivity contribution in [1.29, 1.82) is 0 Å². The average Bonchev–Trinajstić information content (AvgIpc) is 2.16. The van der Waals surface area contributed by atoms with E-state index >= 15 is 0 Å². The van der Waals surface area contributed by atoms with Crippen molar-refractivity contribution in [3.63, 3.8) is 0 Å². The maximum Gasteiger partial charge on any atom is 0.0593 e. The van der Waals surface area contributed by atoms with E-state index < -0.39 is 0 Å². The molecule has 4 heteroatoms. The monoisotopic (exact) mass is 221 g/mol. The van der Waals surface area contributed by atoms with Crippen molar-refractivity contribution in [2.45, 2.75) is 26.3 Å². The predicted molar refractivity (Wildman–Crippen MR) is 63.1 cm³/mol.